The van der Waals surface area contributed by atoms with E-state index in [1.165, 1.54) is 28.2 Å². The van der Waals surface area contributed by atoms with E-state index < -0.39 is 11.2 Å². The second-order valence-electron chi connectivity index (χ2n) is 6.08. The van der Waals surface area contributed by atoms with Crippen LogP contribution < -0.4 is 21.3 Å². The van der Waals surface area contributed by atoms with Crippen LogP contribution in [0.5, 0.6) is 5.75 Å². The molecule has 4 aromatic rings. The molecule has 10 nitrogen and oxygen atoms in total. The van der Waals surface area contributed by atoms with Crippen LogP contribution in [0.15, 0.2) is 51.5 Å². The molecule has 3 aromatic heterocycles. The highest BCUT2D eigenvalue weighted by molar-refractivity contribution is 7.15. The summed E-state index contributed by atoms with van der Waals surface area (Å²) in [4.78, 5) is 42.0. The highest BCUT2D eigenvalue weighted by Gasteiger charge is 2.14. The fourth-order valence-corrected chi connectivity index (χ4v) is 3.58. The first kappa shape index (κ1) is 18.6. The highest BCUT2D eigenvalue weighted by atomic mass is 32.1. The maximum Gasteiger partial charge on any atom is 0.328 e. The van der Waals surface area contributed by atoms with Gasteiger partial charge in [0.25, 0.3) is 5.56 Å². The molecule has 0 bridgehead atoms. The second-order valence-corrected chi connectivity index (χ2v) is 6.92. The van der Waals surface area contributed by atoms with Gasteiger partial charge < -0.3 is 9.30 Å². The number of hydrogen-bond donors (Lipinski definition) is 2. The van der Waals surface area contributed by atoms with Crippen molar-refractivity contribution in [3.63, 3.8) is 0 Å². The van der Waals surface area contributed by atoms with Crippen LogP contribution in [-0.2, 0) is 11.3 Å². The molecule has 0 saturated carbocycles. The number of ether oxygens (including phenoxy) is 1. The van der Waals surface area contributed by atoms with Crippen molar-refractivity contribution < 1.29 is 9.53 Å². The molecule has 4 rings (SSSR count). The lowest BCUT2D eigenvalue weighted by Gasteiger charge is -2.04. The lowest BCUT2D eigenvalue weighted by Crippen LogP contribution is -2.29. The summed E-state index contributed by atoms with van der Waals surface area (Å²) in [6, 6.07) is 8.80. The maximum atomic E-state index is 12.2. The molecule has 0 aliphatic rings. The predicted octanol–water partition coefficient (Wildman–Crippen LogP) is 1.35. The molecule has 0 fully saturated rings. The molecular weight excluding hydrogens is 396 g/mol. The van der Waals surface area contributed by atoms with E-state index in [0.717, 1.165) is 17.0 Å². The molecule has 2 N–H and O–H groups in total. The molecular formula is C18H16N6O4S. The number of aromatic amines is 1. The number of methoxy groups -OCH3 is 1. The van der Waals surface area contributed by atoms with Crippen molar-refractivity contribution in [2.45, 2.75) is 13.0 Å². The van der Waals surface area contributed by atoms with E-state index in [9.17, 15) is 14.4 Å². The highest BCUT2D eigenvalue weighted by Crippen LogP contribution is 2.28. The van der Waals surface area contributed by atoms with Gasteiger partial charge in [0.2, 0.25) is 16.8 Å². The maximum absolute atomic E-state index is 12.2. The van der Waals surface area contributed by atoms with E-state index in [-0.39, 0.29) is 24.8 Å². The third-order valence-electron chi connectivity index (χ3n) is 4.17. The summed E-state index contributed by atoms with van der Waals surface area (Å²) in [5.41, 5.74) is 0.700. The van der Waals surface area contributed by atoms with Crippen molar-refractivity contribution in [2.75, 3.05) is 12.4 Å². The van der Waals surface area contributed by atoms with Gasteiger partial charge in [-0.25, -0.2) is 9.31 Å². The minimum Gasteiger partial charge on any atom is -0.497 e. The van der Waals surface area contributed by atoms with E-state index in [2.05, 4.69) is 20.4 Å². The Morgan fingerprint density at radius 1 is 1.31 bits per heavy atom. The minimum atomic E-state index is -0.561. The summed E-state index contributed by atoms with van der Waals surface area (Å²) < 4.78 is 8.16. The number of fused-ring (bicyclic) bond motifs is 1. The van der Waals surface area contributed by atoms with Crippen molar-refractivity contribution in [3.05, 3.63) is 62.7 Å². The fraction of sp³-hybridized carbons (Fsp3) is 0.167. The van der Waals surface area contributed by atoms with Crippen LogP contribution in [0.25, 0.3) is 16.2 Å². The zero-order valence-corrected chi connectivity index (χ0v) is 16.1. The zero-order chi connectivity index (χ0) is 20.4. The molecule has 0 radical (unpaired) electrons. The number of rotatable bonds is 6. The molecule has 0 aliphatic heterocycles. The van der Waals surface area contributed by atoms with Gasteiger partial charge in [0, 0.05) is 36.2 Å². The Hall–Kier alpha value is -3.73. The number of thiazole rings is 1. The third kappa shape index (κ3) is 3.94. The molecule has 148 valence electrons. The molecule has 29 heavy (non-hydrogen) atoms. The van der Waals surface area contributed by atoms with Gasteiger partial charge >= 0.3 is 5.69 Å². The largest absolute Gasteiger partial charge is 0.497 e. The zero-order valence-electron chi connectivity index (χ0n) is 15.3. The summed E-state index contributed by atoms with van der Waals surface area (Å²) in [6.45, 7) is 0.124. The van der Waals surface area contributed by atoms with Gasteiger partial charge in [-0.3, -0.25) is 19.9 Å². The van der Waals surface area contributed by atoms with Crippen LogP contribution in [0.3, 0.4) is 0 Å². The fourth-order valence-electron chi connectivity index (χ4n) is 2.74. The minimum absolute atomic E-state index is 0.0293. The number of H-pyrrole nitrogens is 1. The summed E-state index contributed by atoms with van der Waals surface area (Å²) in [7, 11) is 1.60. The van der Waals surface area contributed by atoms with Crippen LogP contribution in [0.1, 0.15) is 6.42 Å². The van der Waals surface area contributed by atoms with Crippen molar-refractivity contribution in [1.29, 1.82) is 0 Å². The number of carbonyl (C=O) groups excluding carboxylic acids is 1. The molecule has 1 amide bonds. The Labute approximate surface area is 167 Å². The van der Waals surface area contributed by atoms with Crippen LogP contribution in [0.2, 0.25) is 0 Å². The van der Waals surface area contributed by atoms with E-state index in [1.807, 2.05) is 29.6 Å². The number of nitrogens with one attached hydrogen (secondary N) is 2. The smallest absolute Gasteiger partial charge is 0.328 e. The SMILES string of the molecule is COc1cccc(-c2csc3nc(NC(=O)CCn4ccc(=O)[nH]c4=O)nn23)c1. The number of aryl methyl sites for hydroxylation is 1. The van der Waals surface area contributed by atoms with Gasteiger partial charge in [-0.05, 0) is 12.1 Å². The average Bonchev–Trinajstić information content (AvgIpc) is 3.27. The number of benzene rings is 1. The number of carbonyl (C=O) groups is 1. The summed E-state index contributed by atoms with van der Waals surface area (Å²) >= 11 is 1.40. The Bertz CT molecular complexity index is 1300. The van der Waals surface area contributed by atoms with Gasteiger partial charge in [-0.15, -0.1) is 16.4 Å². The quantitative estimate of drug-likeness (QED) is 0.493. The molecule has 0 unspecified atom stereocenters. The van der Waals surface area contributed by atoms with Gasteiger partial charge in [0.15, 0.2) is 0 Å². The normalized spacial score (nSPS) is 10.9. The van der Waals surface area contributed by atoms with E-state index in [1.54, 1.807) is 11.6 Å². The number of nitrogens with zero attached hydrogens (tertiary/aromatic N) is 4. The summed E-state index contributed by atoms with van der Waals surface area (Å²) in [6.07, 6.45) is 1.38. The van der Waals surface area contributed by atoms with E-state index in [4.69, 9.17) is 4.74 Å². The first-order valence-electron chi connectivity index (χ1n) is 8.62. The topological polar surface area (TPSA) is 123 Å². The first-order chi connectivity index (χ1) is 14.0. The van der Waals surface area contributed by atoms with Crippen molar-refractivity contribution >= 4 is 28.2 Å². The van der Waals surface area contributed by atoms with E-state index >= 15 is 0 Å². The summed E-state index contributed by atoms with van der Waals surface area (Å²) in [5, 5.41) is 8.92. The van der Waals surface area contributed by atoms with Gasteiger partial charge in [-0.2, -0.15) is 4.98 Å². The monoisotopic (exact) mass is 412 g/mol. The van der Waals surface area contributed by atoms with Gasteiger partial charge in [0.05, 0.1) is 12.8 Å². The molecule has 11 heteroatoms. The number of amides is 1. The Morgan fingerprint density at radius 2 is 2.17 bits per heavy atom. The Balaban J connectivity index is 1.48. The first-order valence-corrected chi connectivity index (χ1v) is 9.50. The molecule has 1 aromatic carbocycles. The predicted molar refractivity (Wildman–Crippen MR) is 107 cm³/mol. The average molecular weight is 412 g/mol. The Morgan fingerprint density at radius 3 is 2.97 bits per heavy atom. The molecule has 0 saturated heterocycles. The molecule has 0 aliphatic carbocycles. The van der Waals surface area contributed by atoms with Gasteiger partial charge in [0.1, 0.15) is 5.75 Å². The van der Waals surface area contributed by atoms with Crippen LogP contribution in [-0.4, -0.2) is 37.2 Å². The van der Waals surface area contributed by atoms with E-state index in [0.29, 0.717) is 4.96 Å². The second kappa shape index (κ2) is 7.72. The number of anilines is 1. The third-order valence-corrected chi connectivity index (χ3v) is 4.99. The molecule has 3 heterocycles. The number of hydrogen-bond acceptors (Lipinski definition) is 7. The lowest BCUT2D eigenvalue weighted by atomic mass is 10.2. The lowest BCUT2D eigenvalue weighted by molar-refractivity contribution is -0.116. The van der Waals surface area contributed by atoms with Crippen molar-refractivity contribution in [3.8, 4) is 17.0 Å². The van der Waals surface area contributed by atoms with Crippen LogP contribution in [0, 0.1) is 0 Å². The standard InChI is InChI=1S/C18H16N6O4S/c1-28-12-4-2-3-11(9-12)13-10-29-18-21-16(22-24(13)18)19-14(25)5-7-23-8-6-15(26)20-17(23)27/h2-4,6,8-10H,5,7H2,1H3,(H,19,22,25)(H,20,26,27). The van der Waals surface area contributed by atoms with Gasteiger partial charge in [-0.1, -0.05) is 12.1 Å². The number of aromatic nitrogens is 5. The summed E-state index contributed by atoms with van der Waals surface area (Å²) in [5.74, 6) is 0.567. The van der Waals surface area contributed by atoms with Crippen molar-refractivity contribution in [2.24, 2.45) is 0 Å². The molecule has 0 spiro atoms. The van der Waals surface area contributed by atoms with Crippen molar-refractivity contribution in [1.82, 2.24) is 24.1 Å². The van der Waals surface area contributed by atoms with Crippen LogP contribution >= 0.6 is 11.3 Å². The molecule has 0 atom stereocenters. The Kier molecular flexibility index (Phi) is 4.96. The van der Waals surface area contributed by atoms with Crippen LogP contribution in [0.4, 0.5) is 5.95 Å².